The van der Waals surface area contributed by atoms with Crippen molar-refractivity contribution < 1.29 is 4.39 Å². The van der Waals surface area contributed by atoms with E-state index in [0.717, 1.165) is 10.6 Å². The lowest BCUT2D eigenvalue weighted by atomic mass is 10.2. The van der Waals surface area contributed by atoms with Crippen LogP contribution in [-0.4, -0.2) is 15.0 Å². The predicted octanol–water partition coefficient (Wildman–Crippen LogP) is 3.25. The Morgan fingerprint density at radius 2 is 2.20 bits per heavy atom. The molecule has 0 fully saturated rings. The van der Waals surface area contributed by atoms with E-state index in [1.54, 1.807) is 22.1 Å². The second-order valence-corrected chi connectivity index (χ2v) is 5.43. The van der Waals surface area contributed by atoms with Gasteiger partial charge in [0.15, 0.2) is 0 Å². The molecule has 20 heavy (non-hydrogen) atoms. The normalized spacial score (nSPS) is 10.9. The van der Waals surface area contributed by atoms with Crippen LogP contribution in [0.25, 0.3) is 16.3 Å². The zero-order valence-electron chi connectivity index (χ0n) is 10.3. The molecule has 0 aliphatic rings. The molecule has 0 amide bonds. The quantitative estimate of drug-likeness (QED) is 0.808. The number of halogens is 2. The first-order valence-corrected chi connectivity index (χ1v) is 7.10. The summed E-state index contributed by atoms with van der Waals surface area (Å²) in [4.78, 5) is 0.996. The van der Waals surface area contributed by atoms with Crippen molar-refractivity contribution in [2.24, 2.45) is 5.73 Å². The molecule has 0 spiro atoms. The number of nitrogens with two attached hydrogens (primary N) is 1. The Morgan fingerprint density at radius 1 is 1.35 bits per heavy atom. The van der Waals surface area contributed by atoms with Crippen LogP contribution in [0.1, 0.15) is 5.69 Å². The minimum atomic E-state index is -0.466. The number of benzene rings is 1. The molecule has 0 unspecified atom stereocenters. The van der Waals surface area contributed by atoms with Crippen molar-refractivity contribution in [3.63, 3.8) is 0 Å². The number of hydrogen-bond donors (Lipinski definition) is 1. The van der Waals surface area contributed by atoms with E-state index >= 15 is 0 Å². The van der Waals surface area contributed by atoms with Crippen molar-refractivity contribution in [1.29, 1.82) is 0 Å². The summed E-state index contributed by atoms with van der Waals surface area (Å²) in [6, 6.07) is 8.33. The van der Waals surface area contributed by atoms with E-state index in [1.165, 1.54) is 12.1 Å². The van der Waals surface area contributed by atoms with Crippen molar-refractivity contribution in [2.75, 3.05) is 0 Å². The Labute approximate surface area is 123 Å². The van der Waals surface area contributed by atoms with Crippen molar-refractivity contribution in [2.45, 2.75) is 6.54 Å². The van der Waals surface area contributed by atoms with Crippen LogP contribution in [0, 0.1) is 5.82 Å². The summed E-state index contributed by atoms with van der Waals surface area (Å²) in [6.45, 7) is 0.280. The third-order valence-electron chi connectivity index (χ3n) is 2.84. The van der Waals surface area contributed by atoms with Gasteiger partial charge in [-0.1, -0.05) is 22.9 Å². The molecule has 0 saturated heterocycles. The second-order valence-electron chi connectivity index (χ2n) is 4.08. The zero-order valence-corrected chi connectivity index (χ0v) is 11.8. The average molecular weight is 309 g/mol. The van der Waals surface area contributed by atoms with Crippen molar-refractivity contribution >= 4 is 22.9 Å². The summed E-state index contributed by atoms with van der Waals surface area (Å²) in [5, 5.41) is 10.2. The molecule has 3 aromatic rings. The topological polar surface area (TPSA) is 56.7 Å². The van der Waals surface area contributed by atoms with Gasteiger partial charge in [0.25, 0.3) is 0 Å². The third-order valence-corrected chi connectivity index (χ3v) is 4.00. The van der Waals surface area contributed by atoms with Crippen LogP contribution in [0.4, 0.5) is 4.39 Å². The van der Waals surface area contributed by atoms with Crippen LogP contribution in [0.3, 0.4) is 0 Å². The minimum Gasteiger partial charge on any atom is -0.325 e. The van der Waals surface area contributed by atoms with E-state index in [2.05, 4.69) is 10.3 Å². The maximum absolute atomic E-state index is 13.3. The highest BCUT2D eigenvalue weighted by Crippen LogP contribution is 2.30. The van der Waals surface area contributed by atoms with Crippen LogP contribution in [0.15, 0.2) is 35.7 Å². The third kappa shape index (κ3) is 2.22. The monoisotopic (exact) mass is 308 g/mol. The molecule has 1 aromatic carbocycles. The first kappa shape index (κ1) is 13.2. The Balaban J connectivity index is 2.19. The summed E-state index contributed by atoms with van der Waals surface area (Å²) in [6.07, 6.45) is 0. The van der Waals surface area contributed by atoms with Crippen LogP contribution in [0.5, 0.6) is 0 Å². The van der Waals surface area contributed by atoms with E-state index in [4.69, 9.17) is 17.3 Å². The van der Waals surface area contributed by atoms with E-state index in [9.17, 15) is 4.39 Å². The molecule has 2 heterocycles. The largest absolute Gasteiger partial charge is 0.325 e. The molecule has 4 nitrogen and oxygen atoms in total. The van der Waals surface area contributed by atoms with Gasteiger partial charge in [0.1, 0.15) is 17.2 Å². The highest BCUT2D eigenvalue weighted by Gasteiger charge is 2.16. The molecule has 0 atom stereocenters. The van der Waals surface area contributed by atoms with Crippen molar-refractivity contribution in [3.8, 4) is 16.3 Å². The fourth-order valence-electron chi connectivity index (χ4n) is 1.91. The summed E-state index contributed by atoms with van der Waals surface area (Å²) in [5.41, 5.74) is 7.85. The molecule has 3 rings (SSSR count). The smallest absolute Gasteiger partial charge is 0.141 e. The van der Waals surface area contributed by atoms with Crippen LogP contribution in [0.2, 0.25) is 5.02 Å². The van der Waals surface area contributed by atoms with Crippen molar-refractivity contribution in [1.82, 2.24) is 15.0 Å². The fourth-order valence-corrected chi connectivity index (χ4v) is 2.86. The molecule has 0 saturated carbocycles. The average Bonchev–Trinajstić information content (AvgIpc) is 3.09. The van der Waals surface area contributed by atoms with Gasteiger partial charge in [-0.05, 0) is 29.6 Å². The lowest BCUT2D eigenvalue weighted by Gasteiger charge is -2.06. The van der Waals surface area contributed by atoms with Gasteiger partial charge in [-0.2, -0.15) is 0 Å². The van der Waals surface area contributed by atoms with Gasteiger partial charge in [0, 0.05) is 6.54 Å². The Hall–Kier alpha value is -1.76. The number of hydrogen-bond acceptors (Lipinski definition) is 4. The van der Waals surface area contributed by atoms with Crippen molar-refractivity contribution in [3.05, 3.63) is 52.2 Å². The Morgan fingerprint density at radius 3 is 2.85 bits per heavy atom. The Bertz CT molecular complexity index is 739. The SMILES string of the molecule is NCc1nnn(-c2ccc(F)c(Cl)c2)c1-c1cccs1. The fraction of sp³-hybridized carbons (Fsp3) is 0.0769. The molecular weight excluding hydrogens is 299 g/mol. The van der Waals surface area contributed by atoms with Gasteiger partial charge in [0.2, 0.25) is 0 Å². The standard InChI is InChI=1S/C13H10ClFN4S/c14-9-6-8(3-4-10(9)15)19-13(11(7-16)17-18-19)12-2-1-5-20-12/h1-6H,7,16H2. The zero-order chi connectivity index (χ0) is 14.1. The molecule has 0 aliphatic carbocycles. The summed E-state index contributed by atoms with van der Waals surface area (Å²) in [5.74, 6) is -0.466. The van der Waals surface area contributed by atoms with Crippen LogP contribution in [-0.2, 0) is 6.54 Å². The van der Waals surface area contributed by atoms with Crippen LogP contribution < -0.4 is 5.73 Å². The maximum Gasteiger partial charge on any atom is 0.141 e. The predicted molar refractivity (Wildman–Crippen MR) is 77.5 cm³/mol. The first-order chi connectivity index (χ1) is 9.70. The minimum absolute atomic E-state index is 0.0458. The number of thiophene rings is 1. The van der Waals surface area contributed by atoms with Gasteiger partial charge in [0.05, 0.1) is 15.6 Å². The molecule has 102 valence electrons. The molecular formula is C13H10ClFN4S. The second kappa shape index (κ2) is 5.32. The number of nitrogens with zero attached hydrogens (tertiary/aromatic N) is 3. The highest BCUT2D eigenvalue weighted by atomic mass is 35.5. The van der Waals surface area contributed by atoms with Gasteiger partial charge >= 0.3 is 0 Å². The molecule has 0 bridgehead atoms. The lowest BCUT2D eigenvalue weighted by Crippen LogP contribution is -2.02. The molecule has 0 aliphatic heterocycles. The number of aromatic nitrogens is 3. The van der Waals surface area contributed by atoms with Gasteiger partial charge in [-0.25, -0.2) is 9.07 Å². The van der Waals surface area contributed by atoms with E-state index in [0.29, 0.717) is 11.4 Å². The number of rotatable bonds is 3. The van der Waals surface area contributed by atoms with E-state index < -0.39 is 5.82 Å². The maximum atomic E-state index is 13.3. The molecule has 0 radical (unpaired) electrons. The first-order valence-electron chi connectivity index (χ1n) is 5.84. The van der Waals surface area contributed by atoms with Crippen LogP contribution >= 0.6 is 22.9 Å². The Kier molecular flexibility index (Phi) is 3.52. The van der Waals surface area contributed by atoms with Gasteiger partial charge in [-0.15, -0.1) is 16.4 Å². The van der Waals surface area contributed by atoms with Gasteiger partial charge < -0.3 is 5.73 Å². The van der Waals surface area contributed by atoms with Gasteiger partial charge in [-0.3, -0.25) is 0 Å². The summed E-state index contributed by atoms with van der Waals surface area (Å²) in [7, 11) is 0. The lowest BCUT2D eigenvalue weighted by molar-refractivity contribution is 0.627. The summed E-state index contributed by atoms with van der Waals surface area (Å²) >= 11 is 7.39. The summed E-state index contributed by atoms with van der Waals surface area (Å²) < 4.78 is 14.9. The molecule has 2 aromatic heterocycles. The molecule has 7 heteroatoms. The van der Waals surface area contributed by atoms with E-state index in [-0.39, 0.29) is 11.6 Å². The van der Waals surface area contributed by atoms with E-state index in [1.807, 2.05) is 17.5 Å². The highest BCUT2D eigenvalue weighted by molar-refractivity contribution is 7.13. The molecule has 2 N–H and O–H groups in total.